The van der Waals surface area contributed by atoms with Gasteiger partial charge in [-0.3, -0.25) is 5.84 Å². The van der Waals surface area contributed by atoms with E-state index in [4.69, 9.17) is 5.84 Å². The molecule has 1 aromatic rings. The summed E-state index contributed by atoms with van der Waals surface area (Å²) in [7, 11) is -3.46. The van der Waals surface area contributed by atoms with E-state index in [-0.39, 0.29) is 6.04 Å². The molecule has 0 aromatic heterocycles. The molecule has 1 saturated carbocycles. The Labute approximate surface area is 121 Å². The SMILES string of the molecule is Cc1cc(NN)cc(C)c1S(=O)(=O)NC1CCCCC1. The van der Waals surface area contributed by atoms with E-state index in [1.807, 2.05) is 0 Å². The van der Waals surface area contributed by atoms with Gasteiger partial charge in [-0.1, -0.05) is 19.3 Å². The number of rotatable bonds is 4. The zero-order chi connectivity index (χ0) is 14.8. The number of benzene rings is 1. The molecule has 0 heterocycles. The van der Waals surface area contributed by atoms with E-state index in [0.29, 0.717) is 16.0 Å². The Balaban J connectivity index is 2.29. The molecular weight excluding hydrogens is 274 g/mol. The Morgan fingerprint density at radius 3 is 2.15 bits per heavy atom. The van der Waals surface area contributed by atoms with Crippen LogP contribution in [0.3, 0.4) is 0 Å². The zero-order valence-corrected chi connectivity index (χ0v) is 12.9. The van der Waals surface area contributed by atoms with Crippen molar-refractivity contribution in [3.05, 3.63) is 23.3 Å². The average Bonchev–Trinajstić information content (AvgIpc) is 2.37. The molecule has 0 atom stereocenters. The van der Waals surface area contributed by atoms with E-state index in [2.05, 4.69) is 10.1 Å². The number of nitrogen functional groups attached to an aromatic ring is 1. The lowest BCUT2D eigenvalue weighted by Gasteiger charge is -2.23. The van der Waals surface area contributed by atoms with Gasteiger partial charge in [-0.05, 0) is 49.9 Å². The van der Waals surface area contributed by atoms with Crippen molar-refractivity contribution in [1.82, 2.24) is 4.72 Å². The summed E-state index contributed by atoms with van der Waals surface area (Å²) in [6, 6.07) is 3.57. The van der Waals surface area contributed by atoms with Crippen LogP contribution in [-0.4, -0.2) is 14.5 Å². The highest BCUT2D eigenvalue weighted by atomic mass is 32.2. The van der Waals surface area contributed by atoms with Crippen LogP contribution in [0.25, 0.3) is 0 Å². The third-order valence-corrected chi connectivity index (χ3v) is 5.65. The fourth-order valence-corrected chi connectivity index (χ4v) is 4.71. The smallest absolute Gasteiger partial charge is 0.241 e. The van der Waals surface area contributed by atoms with E-state index in [1.165, 1.54) is 6.42 Å². The molecule has 0 aliphatic heterocycles. The van der Waals surface area contributed by atoms with Crippen LogP contribution in [0.2, 0.25) is 0 Å². The van der Waals surface area contributed by atoms with Crippen molar-refractivity contribution in [2.75, 3.05) is 5.43 Å². The van der Waals surface area contributed by atoms with Gasteiger partial charge in [0.05, 0.1) is 4.90 Å². The summed E-state index contributed by atoms with van der Waals surface area (Å²) in [6.07, 6.45) is 5.26. The average molecular weight is 297 g/mol. The lowest BCUT2D eigenvalue weighted by atomic mass is 9.96. The van der Waals surface area contributed by atoms with Crippen LogP contribution in [0.5, 0.6) is 0 Å². The van der Waals surface area contributed by atoms with Crippen molar-refractivity contribution in [3.63, 3.8) is 0 Å². The first-order valence-electron chi connectivity index (χ1n) is 7.04. The molecule has 0 unspecified atom stereocenters. The van der Waals surface area contributed by atoms with Crippen molar-refractivity contribution in [1.29, 1.82) is 0 Å². The second-order valence-corrected chi connectivity index (χ2v) is 7.19. The number of nitrogens with one attached hydrogen (secondary N) is 2. The highest BCUT2D eigenvalue weighted by Crippen LogP contribution is 2.26. The maximum absolute atomic E-state index is 12.6. The summed E-state index contributed by atoms with van der Waals surface area (Å²) in [5.41, 5.74) is 4.69. The predicted molar refractivity (Wildman–Crippen MR) is 80.9 cm³/mol. The number of hydrazine groups is 1. The molecular formula is C14H23N3O2S. The van der Waals surface area contributed by atoms with Crippen molar-refractivity contribution < 1.29 is 8.42 Å². The van der Waals surface area contributed by atoms with Crippen molar-refractivity contribution >= 4 is 15.7 Å². The molecule has 0 bridgehead atoms. The Morgan fingerprint density at radius 2 is 1.65 bits per heavy atom. The first-order chi connectivity index (χ1) is 9.44. The number of anilines is 1. The first-order valence-corrected chi connectivity index (χ1v) is 8.52. The van der Waals surface area contributed by atoms with Crippen LogP contribution in [0.4, 0.5) is 5.69 Å². The minimum Gasteiger partial charge on any atom is -0.324 e. The molecule has 1 aliphatic rings. The van der Waals surface area contributed by atoms with Gasteiger partial charge in [0, 0.05) is 11.7 Å². The predicted octanol–water partition coefficient (Wildman–Crippen LogP) is 2.20. The largest absolute Gasteiger partial charge is 0.324 e. The monoisotopic (exact) mass is 297 g/mol. The van der Waals surface area contributed by atoms with Crippen molar-refractivity contribution in [3.8, 4) is 0 Å². The Kier molecular flexibility index (Phi) is 4.67. The Hall–Kier alpha value is -1.11. The van der Waals surface area contributed by atoms with E-state index in [1.54, 1.807) is 26.0 Å². The molecule has 0 radical (unpaired) electrons. The molecule has 4 N–H and O–H groups in total. The molecule has 1 aliphatic carbocycles. The molecule has 0 saturated heterocycles. The van der Waals surface area contributed by atoms with E-state index < -0.39 is 10.0 Å². The zero-order valence-electron chi connectivity index (χ0n) is 12.1. The number of hydrogen-bond donors (Lipinski definition) is 3. The van der Waals surface area contributed by atoms with Crippen LogP contribution >= 0.6 is 0 Å². The second-order valence-electron chi connectivity index (χ2n) is 5.54. The molecule has 112 valence electrons. The summed E-state index contributed by atoms with van der Waals surface area (Å²) in [5, 5.41) is 0. The molecule has 0 amide bonds. The first kappa shape index (κ1) is 15.3. The van der Waals surface area contributed by atoms with E-state index in [9.17, 15) is 8.42 Å². The summed E-state index contributed by atoms with van der Waals surface area (Å²) in [6.45, 7) is 3.59. The highest BCUT2D eigenvalue weighted by Gasteiger charge is 2.24. The van der Waals surface area contributed by atoms with Gasteiger partial charge in [0.1, 0.15) is 0 Å². The van der Waals surface area contributed by atoms with Crippen LogP contribution in [0, 0.1) is 13.8 Å². The van der Waals surface area contributed by atoms with Gasteiger partial charge >= 0.3 is 0 Å². The van der Waals surface area contributed by atoms with Gasteiger partial charge in [-0.2, -0.15) is 0 Å². The van der Waals surface area contributed by atoms with Gasteiger partial charge < -0.3 is 5.43 Å². The van der Waals surface area contributed by atoms with Gasteiger partial charge in [-0.25, -0.2) is 13.1 Å². The molecule has 5 nitrogen and oxygen atoms in total. The fraction of sp³-hybridized carbons (Fsp3) is 0.571. The standard InChI is InChI=1S/C14H23N3O2S/c1-10-8-13(16-15)9-11(2)14(10)20(18,19)17-12-6-4-3-5-7-12/h8-9,12,16-17H,3-7,15H2,1-2H3. The number of nitrogens with two attached hydrogens (primary N) is 1. The Bertz CT molecular complexity index is 555. The van der Waals surface area contributed by atoms with Gasteiger partial charge in [0.25, 0.3) is 0 Å². The third-order valence-electron chi connectivity index (χ3n) is 3.82. The number of aryl methyl sites for hydroxylation is 2. The molecule has 6 heteroatoms. The number of hydrogen-bond acceptors (Lipinski definition) is 4. The lowest BCUT2D eigenvalue weighted by molar-refractivity contribution is 0.412. The molecule has 20 heavy (non-hydrogen) atoms. The molecule has 1 fully saturated rings. The van der Waals surface area contributed by atoms with Crippen LogP contribution in [0.15, 0.2) is 17.0 Å². The van der Waals surface area contributed by atoms with Crippen molar-refractivity contribution in [2.24, 2.45) is 5.84 Å². The topological polar surface area (TPSA) is 84.2 Å². The number of sulfonamides is 1. The summed E-state index contributed by atoms with van der Waals surface area (Å²) < 4.78 is 28.0. The lowest BCUT2D eigenvalue weighted by Crippen LogP contribution is -2.36. The van der Waals surface area contributed by atoms with E-state index in [0.717, 1.165) is 31.4 Å². The Morgan fingerprint density at radius 1 is 1.10 bits per heavy atom. The second kappa shape index (κ2) is 6.11. The van der Waals surface area contributed by atoms with Gasteiger partial charge in [0.15, 0.2) is 0 Å². The minimum atomic E-state index is -3.46. The van der Waals surface area contributed by atoms with E-state index >= 15 is 0 Å². The fourth-order valence-electron chi connectivity index (χ4n) is 2.96. The van der Waals surface area contributed by atoms with Crippen LogP contribution in [-0.2, 0) is 10.0 Å². The summed E-state index contributed by atoms with van der Waals surface area (Å²) in [5.74, 6) is 5.38. The maximum atomic E-state index is 12.6. The normalized spacial score (nSPS) is 17.1. The summed E-state index contributed by atoms with van der Waals surface area (Å²) in [4.78, 5) is 0.377. The molecule has 2 rings (SSSR count). The molecule has 1 aromatic carbocycles. The molecule has 0 spiro atoms. The van der Waals surface area contributed by atoms with Crippen LogP contribution < -0.4 is 16.0 Å². The highest BCUT2D eigenvalue weighted by molar-refractivity contribution is 7.89. The van der Waals surface area contributed by atoms with Gasteiger partial charge in [0.2, 0.25) is 10.0 Å². The third kappa shape index (κ3) is 3.31. The summed E-state index contributed by atoms with van der Waals surface area (Å²) >= 11 is 0. The van der Waals surface area contributed by atoms with Crippen LogP contribution in [0.1, 0.15) is 43.2 Å². The minimum absolute atomic E-state index is 0.0693. The van der Waals surface area contributed by atoms with Gasteiger partial charge in [-0.15, -0.1) is 0 Å². The van der Waals surface area contributed by atoms with Crippen molar-refractivity contribution in [2.45, 2.75) is 56.9 Å². The quantitative estimate of drug-likeness (QED) is 0.587. The maximum Gasteiger partial charge on any atom is 0.241 e.